The number of aryl methyl sites for hydroxylation is 1. The number of fused-ring (bicyclic) bond motifs is 4. The molecule has 0 spiro atoms. The number of aromatic nitrogens is 1. The normalized spacial score (nSPS) is 20.0. The van der Waals surface area contributed by atoms with Gasteiger partial charge < -0.3 is 34.1 Å². The summed E-state index contributed by atoms with van der Waals surface area (Å²) < 4.78 is 12.7. The van der Waals surface area contributed by atoms with Gasteiger partial charge in [0.25, 0.3) is 17.4 Å². The van der Waals surface area contributed by atoms with Gasteiger partial charge in [0.2, 0.25) is 0 Å². The van der Waals surface area contributed by atoms with Gasteiger partial charge in [-0.2, -0.15) is 0 Å². The molecule has 49 heavy (non-hydrogen) atoms. The molecule has 0 radical (unpaired) electrons. The standard InChI is InChI=1S/C39H43N5O5/c1-25-7-5-8-31(15-25)43-14-13-41(21-26(43)2)39(47)28-11-12-36(34(19-28)40-38(46)29-17-32(48-3)20-33(18-29)49-4)42-22-27-16-30(24-42)35-9-6-10-37(45)44(35)23-27/h5-12,15,17-20,26-27,30H,13-14,16,21-24H2,1-4H3,(H,40,46)/t26-,27+,30-/m0/s1. The van der Waals surface area contributed by atoms with Crippen LogP contribution >= 0.6 is 0 Å². The first-order chi connectivity index (χ1) is 23.7. The van der Waals surface area contributed by atoms with E-state index in [4.69, 9.17) is 9.47 Å². The fourth-order valence-corrected chi connectivity index (χ4v) is 7.79. The molecule has 3 aromatic carbocycles. The van der Waals surface area contributed by atoms with Crippen molar-refractivity contribution in [3.05, 3.63) is 112 Å². The second-order valence-electron chi connectivity index (χ2n) is 13.5. The quantitative estimate of drug-likeness (QED) is 0.284. The number of anilines is 3. The minimum absolute atomic E-state index is 0.0409. The second kappa shape index (κ2) is 13.3. The van der Waals surface area contributed by atoms with Gasteiger partial charge >= 0.3 is 0 Å². The molecule has 4 heterocycles. The van der Waals surface area contributed by atoms with E-state index >= 15 is 0 Å². The number of piperidine rings is 1. The van der Waals surface area contributed by atoms with Crippen LogP contribution in [0.15, 0.2) is 83.7 Å². The number of nitrogens with one attached hydrogen (secondary N) is 1. The molecule has 7 rings (SSSR count). The number of pyridine rings is 1. The minimum Gasteiger partial charge on any atom is -0.497 e. The predicted octanol–water partition coefficient (Wildman–Crippen LogP) is 5.40. The largest absolute Gasteiger partial charge is 0.497 e. The molecule has 2 amide bonds. The van der Waals surface area contributed by atoms with Crippen molar-refractivity contribution in [1.29, 1.82) is 0 Å². The lowest BCUT2D eigenvalue weighted by Crippen LogP contribution is -2.53. The summed E-state index contributed by atoms with van der Waals surface area (Å²) in [6, 6.07) is 24.8. The van der Waals surface area contributed by atoms with Crippen LogP contribution in [0.1, 0.15) is 51.2 Å². The number of rotatable bonds is 7. The van der Waals surface area contributed by atoms with Crippen LogP contribution < -0.4 is 30.1 Å². The maximum absolute atomic E-state index is 14.0. The zero-order valence-corrected chi connectivity index (χ0v) is 28.5. The van der Waals surface area contributed by atoms with Crippen molar-refractivity contribution < 1.29 is 19.1 Å². The summed E-state index contributed by atoms with van der Waals surface area (Å²) in [7, 11) is 3.09. The zero-order chi connectivity index (χ0) is 34.2. The number of ether oxygens (including phenoxy) is 2. The van der Waals surface area contributed by atoms with Crippen LogP contribution in [0.4, 0.5) is 17.1 Å². The Kier molecular flexibility index (Phi) is 8.79. The predicted molar refractivity (Wildman–Crippen MR) is 192 cm³/mol. The molecule has 3 atom stereocenters. The highest BCUT2D eigenvalue weighted by Crippen LogP contribution is 2.40. The Morgan fingerprint density at radius 2 is 1.59 bits per heavy atom. The molecule has 0 aliphatic carbocycles. The second-order valence-corrected chi connectivity index (χ2v) is 13.5. The molecule has 2 bridgehead atoms. The molecular weight excluding hydrogens is 618 g/mol. The van der Waals surface area contributed by atoms with E-state index in [0.29, 0.717) is 54.5 Å². The van der Waals surface area contributed by atoms with Crippen molar-refractivity contribution >= 4 is 28.9 Å². The maximum atomic E-state index is 14.0. The van der Waals surface area contributed by atoms with Crippen molar-refractivity contribution in [3.8, 4) is 11.5 Å². The third kappa shape index (κ3) is 6.47. The Balaban J connectivity index is 1.18. The zero-order valence-electron chi connectivity index (χ0n) is 28.5. The topological polar surface area (TPSA) is 96.3 Å². The Morgan fingerprint density at radius 1 is 0.816 bits per heavy atom. The molecule has 2 fully saturated rings. The van der Waals surface area contributed by atoms with E-state index in [1.807, 2.05) is 39.8 Å². The van der Waals surface area contributed by atoms with E-state index in [9.17, 15) is 14.4 Å². The summed E-state index contributed by atoms with van der Waals surface area (Å²) in [5, 5.41) is 3.14. The van der Waals surface area contributed by atoms with Crippen molar-refractivity contribution in [1.82, 2.24) is 9.47 Å². The third-order valence-corrected chi connectivity index (χ3v) is 10.2. The first-order valence-corrected chi connectivity index (χ1v) is 17.0. The number of benzene rings is 3. The molecule has 0 saturated carbocycles. The number of hydrogen-bond acceptors (Lipinski definition) is 7. The SMILES string of the molecule is COc1cc(OC)cc(C(=O)Nc2cc(C(=O)N3CCN(c4cccc(C)c4)[C@@H](C)C3)ccc2N2C[C@H]3C[C@@H](C2)c2cccc(=O)n2C3)c1. The lowest BCUT2D eigenvalue weighted by atomic mass is 9.83. The summed E-state index contributed by atoms with van der Waals surface area (Å²) in [4.78, 5) is 47.1. The molecule has 254 valence electrons. The molecule has 0 unspecified atom stereocenters. The summed E-state index contributed by atoms with van der Waals surface area (Å²) in [6.07, 6.45) is 1.01. The number of piperazine rings is 1. The average molecular weight is 662 g/mol. The van der Waals surface area contributed by atoms with Gasteiger partial charge in [-0.3, -0.25) is 14.4 Å². The highest BCUT2D eigenvalue weighted by Gasteiger charge is 2.36. The number of methoxy groups -OCH3 is 2. The smallest absolute Gasteiger partial charge is 0.255 e. The number of carbonyl (C=O) groups is 2. The Morgan fingerprint density at radius 3 is 2.33 bits per heavy atom. The summed E-state index contributed by atoms with van der Waals surface area (Å²) in [6.45, 7) is 8.26. The lowest BCUT2D eigenvalue weighted by Gasteiger charge is -2.44. The van der Waals surface area contributed by atoms with E-state index in [-0.39, 0.29) is 35.3 Å². The van der Waals surface area contributed by atoms with E-state index in [1.54, 1.807) is 38.5 Å². The highest BCUT2D eigenvalue weighted by atomic mass is 16.5. The fraction of sp³-hybridized carbons (Fsp3) is 0.359. The van der Waals surface area contributed by atoms with Crippen LogP contribution in [-0.2, 0) is 6.54 Å². The molecule has 1 aromatic heterocycles. The van der Waals surface area contributed by atoms with Crippen molar-refractivity contribution in [2.45, 2.75) is 38.8 Å². The lowest BCUT2D eigenvalue weighted by molar-refractivity contribution is 0.0726. The van der Waals surface area contributed by atoms with Gasteiger partial charge in [0.1, 0.15) is 11.5 Å². The van der Waals surface area contributed by atoms with Crippen LogP contribution in [0, 0.1) is 12.8 Å². The van der Waals surface area contributed by atoms with Crippen LogP contribution in [0.25, 0.3) is 0 Å². The Labute approximate surface area is 286 Å². The molecule has 10 heteroatoms. The van der Waals surface area contributed by atoms with Crippen molar-refractivity contribution in [3.63, 3.8) is 0 Å². The van der Waals surface area contributed by atoms with E-state index in [1.165, 1.54) is 11.3 Å². The van der Waals surface area contributed by atoms with Gasteiger partial charge in [-0.25, -0.2) is 0 Å². The van der Waals surface area contributed by atoms with Crippen LogP contribution in [0.2, 0.25) is 0 Å². The minimum atomic E-state index is -0.336. The van der Waals surface area contributed by atoms with Crippen LogP contribution in [0.5, 0.6) is 11.5 Å². The number of hydrogen-bond donors (Lipinski definition) is 1. The van der Waals surface area contributed by atoms with E-state index in [2.05, 4.69) is 53.2 Å². The third-order valence-electron chi connectivity index (χ3n) is 10.2. The summed E-state index contributed by atoms with van der Waals surface area (Å²) in [5.41, 5.74) is 5.78. The molecule has 2 saturated heterocycles. The van der Waals surface area contributed by atoms with E-state index in [0.717, 1.165) is 30.9 Å². The molecule has 3 aliphatic rings. The molecule has 10 nitrogen and oxygen atoms in total. The van der Waals surface area contributed by atoms with Crippen molar-refractivity contribution in [2.24, 2.45) is 5.92 Å². The first-order valence-electron chi connectivity index (χ1n) is 17.0. The van der Waals surface area contributed by atoms with Crippen LogP contribution in [0.3, 0.4) is 0 Å². The summed E-state index contributed by atoms with van der Waals surface area (Å²) in [5.74, 6) is 1.07. The van der Waals surface area contributed by atoms with Gasteiger partial charge in [0.15, 0.2) is 0 Å². The highest BCUT2D eigenvalue weighted by molar-refractivity contribution is 6.07. The molecule has 3 aliphatic heterocycles. The van der Waals surface area contributed by atoms with Gasteiger partial charge in [0, 0.05) is 85.9 Å². The Hall–Kier alpha value is -5.25. The van der Waals surface area contributed by atoms with Gasteiger partial charge in [-0.15, -0.1) is 0 Å². The average Bonchev–Trinajstić information content (AvgIpc) is 3.11. The molecule has 4 aromatic rings. The number of carbonyl (C=O) groups excluding carboxylic acids is 2. The van der Waals surface area contributed by atoms with Gasteiger partial charge in [-0.05, 0) is 80.3 Å². The van der Waals surface area contributed by atoms with Gasteiger partial charge in [-0.1, -0.05) is 18.2 Å². The molecule has 1 N–H and O–H groups in total. The molecular formula is C39H43N5O5. The number of nitrogens with zero attached hydrogens (tertiary/aromatic N) is 4. The fourth-order valence-electron chi connectivity index (χ4n) is 7.79. The van der Waals surface area contributed by atoms with E-state index < -0.39 is 0 Å². The summed E-state index contributed by atoms with van der Waals surface area (Å²) >= 11 is 0. The monoisotopic (exact) mass is 661 g/mol. The number of amides is 2. The van der Waals surface area contributed by atoms with Crippen LogP contribution in [-0.4, -0.2) is 74.3 Å². The van der Waals surface area contributed by atoms with Gasteiger partial charge in [0.05, 0.1) is 25.6 Å². The van der Waals surface area contributed by atoms with Crippen molar-refractivity contribution in [2.75, 3.05) is 62.1 Å². The maximum Gasteiger partial charge on any atom is 0.255 e. The first kappa shape index (κ1) is 32.3. The Bertz CT molecular complexity index is 1930.